The summed E-state index contributed by atoms with van der Waals surface area (Å²) in [5.41, 5.74) is 6.41. The number of methoxy groups -OCH3 is 2. The van der Waals surface area contributed by atoms with Crippen LogP contribution in [0.25, 0.3) is 0 Å². The summed E-state index contributed by atoms with van der Waals surface area (Å²) in [5.74, 6) is 1.82. The molecule has 0 aliphatic carbocycles. The van der Waals surface area contributed by atoms with Crippen molar-refractivity contribution < 1.29 is 9.47 Å². The second-order valence-electron chi connectivity index (χ2n) is 6.42. The summed E-state index contributed by atoms with van der Waals surface area (Å²) in [7, 11) is 7.60. The first-order chi connectivity index (χ1) is 11.5. The molecular formula is C21H29NO2. The Balaban J connectivity index is 2.54. The smallest absolute Gasteiger partial charge is 0.130 e. The maximum absolute atomic E-state index is 5.79. The van der Waals surface area contributed by atoms with Gasteiger partial charge in [-0.3, -0.25) is 0 Å². The third-order valence-corrected chi connectivity index (χ3v) is 4.44. The van der Waals surface area contributed by atoms with Crippen LogP contribution in [0.15, 0.2) is 30.3 Å². The second kappa shape index (κ2) is 8.20. The van der Waals surface area contributed by atoms with Crippen molar-refractivity contribution in [3.8, 4) is 11.5 Å². The minimum atomic E-state index is 0.818. The molecule has 0 fully saturated rings. The van der Waals surface area contributed by atoms with Crippen LogP contribution in [-0.2, 0) is 19.4 Å². The third-order valence-electron chi connectivity index (χ3n) is 4.44. The number of rotatable bonds is 7. The van der Waals surface area contributed by atoms with E-state index in [-0.39, 0.29) is 0 Å². The normalized spacial score (nSPS) is 11.0. The van der Waals surface area contributed by atoms with Crippen molar-refractivity contribution in [2.75, 3.05) is 28.3 Å². The van der Waals surface area contributed by atoms with Crippen molar-refractivity contribution >= 4 is 0 Å². The topological polar surface area (TPSA) is 21.7 Å². The van der Waals surface area contributed by atoms with E-state index in [4.69, 9.17) is 9.47 Å². The van der Waals surface area contributed by atoms with Gasteiger partial charge in [-0.05, 0) is 50.2 Å². The Kier molecular flexibility index (Phi) is 6.27. The molecule has 0 aliphatic heterocycles. The number of ether oxygens (including phenoxy) is 2. The molecule has 2 aromatic rings. The van der Waals surface area contributed by atoms with Crippen LogP contribution in [0.1, 0.15) is 34.7 Å². The molecule has 0 N–H and O–H groups in total. The maximum Gasteiger partial charge on any atom is 0.130 e. The molecule has 0 atom stereocenters. The van der Waals surface area contributed by atoms with Gasteiger partial charge >= 0.3 is 0 Å². The Morgan fingerprint density at radius 3 is 2.25 bits per heavy atom. The quantitative estimate of drug-likeness (QED) is 0.760. The summed E-state index contributed by atoms with van der Waals surface area (Å²) in [6.07, 6.45) is 1.85. The van der Waals surface area contributed by atoms with Gasteiger partial charge in [-0.25, -0.2) is 0 Å². The Hall–Kier alpha value is -2.00. The predicted octanol–water partition coefficient (Wildman–Crippen LogP) is 4.23. The molecule has 0 bridgehead atoms. The van der Waals surface area contributed by atoms with E-state index in [2.05, 4.69) is 63.2 Å². The second-order valence-corrected chi connectivity index (χ2v) is 6.42. The molecule has 0 saturated carbocycles. The van der Waals surface area contributed by atoms with Crippen molar-refractivity contribution in [2.24, 2.45) is 0 Å². The molecule has 0 spiro atoms. The van der Waals surface area contributed by atoms with E-state index in [0.717, 1.165) is 36.4 Å². The van der Waals surface area contributed by atoms with Crippen molar-refractivity contribution in [3.05, 3.63) is 58.1 Å². The van der Waals surface area contributed by atoms with Gasteiger partial charge in [-0.2, -0.15) is 0 Å². The number of benzene rings is 2. The fraction of sp³-hybridized carbons (Fsp3) is 0.429. The first kappa shape index (κ1) is 18.3. The Labute approximate surface area is 146 Å². The van der Waals surface area contributed by atoms with E-state index in [1.165, 1.54) is 22.3 Å². The van der Waals surface area contributed by atoms with Crippen molar-refractivity contribution in [3.63, 3.8) is 0 Å². The van der Waals surface area contributed by atoms with E-state index in [1.54, 1.807) is 14.2 Å². The maximum atomic E-state index is 5.79. The highest BCUT2D eigenvalue weighted by molar-refractivity contribution is 5.53. The van der Waals surface area contributed by atoms with Gasteiger partial charge in [-0.15, -0.1) is 0 Å². The minimum absolute atomic E-state index is 0.818. The molecule has 3 nitrogen and oxygen atoms in total. The summed E-state index contributed by atoms with van der Waals surface area (Å²) in [4.78, 5) is 2.15. The fourth-order valence-corrected chi connectivity index (χ4v) is 3.36. The van der Waals surface area contributed by atoms with E-state index in [1.807, 2.05) is 0 Å². The number of aryl methyl sites for hydroxylation is 1. The van der Waals surface area contributed by atoms with Crippen LogP contribution >= 0.6 is 0 Å². The summed E-state index contributed by atoms with van der Waals surface area (Å²) in [6.45, 7) is 5.23. The van der Waals surface area contributed by atoms with Crippen LogP contribution in [0.2, 0.25) is 0 Å². The molecule has 0 unspecified atom stereocenters. The molecule has 2 rings (SSSR count). The van der Waals surface area contributed by atoms with Gasteiger partial charge in [0.1, 0.15) is 11.5 Å². The average molecular weight is 327 g/mol. The summed E-state index contributed by atoms with van der Waals surface area (Å²) < 4.78 is 11.4. The number of nitrogens with zero attached hydrogens (tertiary/aromatic N) is 1. The molecule has 130 valence electrons. The molecule has 0 radical (unpaired) electrons. The number of hydrogen-bond acceptors (Lipinski definition) is 3. The van der Waals surface area contributed by atoms with E-state index in [9.17, 15) is 0 Å². The standard InChI is InChI=1S/C21H29NO2/c1-7-18-15(2)9-8-10-16(18)13-19-20(23-5)12-11-17(14-22(3)4)21(19)24-6/h8-12H,7,13-14H2,1-6H3. The first-order valence-electron chi connectivity index (χ1n) is 8.46. The van der Waals surface area contributed by atoms with Gasteiger partial charge in [0.05, 0.1) is 14.2 Å². The molecular weight excluding hydrogens is 298 g/mol. The van der Waals surface area contributed by atoms with Gasteiger partial charge in [0.25, 0.3) is 0 Å². The van der Waals surface area contributed by atoms with E-state index >= 15 is 0 Å². The average Bonchev–Trinajstić information content (AvgIpc) is 2.55. The highest BCUT2D eigenvalue weighted by Crippen LogP contribution is 2.35. The van der Waals surface area contributed by atoms with Crippen molar-refractivity contribution in [1.29, 1.82) is 0 Å². The van der Waals surface area contributed by atoms with Crippen molar-refractivity contribution in [2.45, 2.75) is 33.2 Å². The lowest BCUT2D eigenvalue weighted by atomic mass is 9.93. The lowest BCUT2D eigenvalue weighted by Crippen LogP contribution is -2.13. The van der Waals surface area contributed by atoms with Crippen molar-refractivity contribution in [1.82, 2.24) is 4.90 Å². The number of hydrogen-bond donors (Lipinski definition) is 0. The highest BCUT2D eigenvalue weighted by atomic mass is 16.5. The Morgan fingerprint density at radius 2 is 1.67 bits per heavy atom. The van der Waals surface area contributed by atoms with Gasteiger partial charge < -0.3 is 14.4 Å². The van der Waals surface area contributed by atoms with Crippen LogP contribution in [0.4, 0.5) is 0 Å². The molecule has 0 aromatic heterocycles. The SMILES string of the molecule is CCc1c(C)cccc1Cc1c(OC)ccc(CN(C)C)c1OC. The highest BCUT2D eigenvalue weighted by Gasteiger charge is 2.17. The van der Waals surface area contributed by atoms with Gasteiger partial charge in [-0.1, -0.05) is 31.2 Å². The van der Waals surface area contributed by atoms with Gasteiger partial charge in [0.15, 0.2) is 0 Å². The monoisotopic (exact) mass is 327 g/mol. The Bertz CT molecular complexity index is 692. The van der Waals surface area contributed by atoms with E-state index < -0.39 is 0 Å². The van der Waals surface area contributed by atoms with Crippen LogP contribution in [0, 0.1) is 6.92 Å². The molecule has 3 heteroatoms. The van der Waals surface area contributed by atoms with Crippen LogP contribution in [0.3, 0.4) is 0 Å². The molecule has 2 aromatic carbocycles. The zero-order chi connectivity index (χ0) is 17.7. The molecule has 0 amide bonds. The lowest BCUT2D eigenvalue weighted by molar-refractivity contribution is 0.361. The third kappa shape index (κ3) is 3.90. The predicted molar refractivity (Wildman–Crippen MR) is 100 cm³/mol. The summed E-state index contributed by atoms with van der Waals surface area (Å²) >= 11 is 0. The minimum Gasteiger partial charge on any atom is -0.496 e. The molecule has 0 heterocycles. The summed E-state index contributed by atoms with van der Waals surface area (Å²) in [6, 6.07) is 10.7. The first-order valence-corrected chi connectivity index (χ1v) is 8.46. The van der Waals surface area contributed by atoms with Gasteiger partial charge in [0, 0.05) is 24.1 Å². The Morgan fingerprint density at radius 1 is 0.917 bits per heavy atom. The molecule has 24 heavy (non-hydrogen) atoms. The fourth-order valence-electron chi connectivity index (χ4n) is 3.36. The lowest BCUT2D eigenvalue weighted by Gasteiger charge is -2.20. The van der Waals surface area contributed by atoms with Crippen LogP contribution < -0.4 is 9.47 Å². The zero-order valence-corrected chi connectivity index (χ0v) is 15.8. The van der Waals surface area contributed by atoms with Crippen LogP contribution in [-0.4, -0.2) is 33.2 Å². The summed E-state index contributed by atoms with van der Waals surface area (Å²) in [5, 5.41) is 0. The largest absolute Gasteiger partial charge is 0.496 e. The van der Waals surface area contributed by atoms with Crippen LogP contribution in [0.5, 0.6) is 11.5 Å². The molecule has 0 saturated heterocycles. The van der Waals surface area contributed by atoms with Gasteiger partial charge in [0.2, 0.25) is 0 Å². The van der Waals surface area contributed by atoms with E-state index in [0.29, 0.717) is 0 Å². The zero-order valence-electron chi connectivity index (χ0n) is 15.8. The molecule has 0 aliphatic rings.